The molecule has 1 heterocycles. The third-order valence-corrected chi connectivity index (χ3v) is 5.86. The van der Waals surface area contributed by atoms with Crippen LogP contribution in [0, 0.1) is 0 Å². The fraction of sp³-hybridized carbons (Fsp3) is 0.889. The van der Waals surface area contributed by atoms with Gasteiger partial charge in [0.2, 0.25) is 5.91 Å². The van der Waals surface area contributed by atoms with Gasteiger partial charge in [-0.2, -0.15) is 0 Å². The van der Waals surface area contributed by atoms with Gasteiger partial charge in [0.25, 0.3) is 0 Å². The number of carbonyl (C=O) groups is 1. The molecule has 1 saturated heterocycles. The standard InChI is InChI=1S/C9H19NO11P2/c1-4(12)10-9(23(18,19)20)6(3-22(15,16)17)21-5(2-11)7(13)8(9)14/h5-8,11,13-14H,2-3H2,1H3,(H,10,12)(H2,15,16,17)(H2,18,19,20)/t5-,6+,7+,8+,9?/m1/s1. The molecule has 0 spiro atoms. The Hall–Kier alpha value is -0.390. The van der Waals surface area contributed by atoms with Crippen LogP contribution in [0.4, 0.5) is 0 Å². The van der Waals surface area contributed by atoms with Crippen LogP contribution in [0.3, 0.4) is 0 Å². The molecule has 0 aliphatic carbocycles. The summed E-state index contributed by atoms with van der Waals surface area (Å²) in [5.74, 6) is -1.04. The highest BCUT2D eigenvalue weighted by Crippen LogP contribution is 2.58. The molecule has 1 aliphatic rings. The zero-order valence-corrected chi connectivity index (χ0v) is 13.7. The number of ether oxygens (including phenoxy) is 1. The van der Waals surface area contributed by atoms with Crippen molar-refractivity contribution >= 4 is 21.1 Å². The van der Waals surface area contributed by atoms with Crippen LogP contribution in [0.5, 0.6) is 0 Å². The van der Waals surface area contributed by atoms with Crippen molar-refractivity contribution in [3.05, 3.63) is 0 Å². The van der Waals surface area contributed by atoms with Gasteiger partial charge in [0.1, 0.15) is 24.4 Å². The molecule has 0 radical (unpaired) electrons. The zero-order valence-electron chi connectivity index (χ0n) is 11.9. The molecule has 0 aromatic rings. The maximum Gasteiger partial charge on any atom is 0.356 e. The molecule has 0 bridgehead atoms. The first kappa shape index (κ1) is 20.7. The highest BCUT2D eigenvalue weighted by atomic mass is 31.2. The predicted octanol–water partition coefficient (Wildman–Crippen LogP) is -3.34. The van der Waals surface area contributed by atoms with E-state index in [0.29, 0.717) is 0 Å². The molecule has 8 N–H and O–H groups in total. The van der Waals surface area contributed by atoms with Crippen LogP contribution in [0.25, 0.3) is 0 Å². The van der Waals surface area contributed by atoms with Crippen molar-refractivity contribution in [1.82, 2.24) is 5.32 Å². The quantitative estimate of drug-likeness (QED) is 0.221. The molecule has 0 saturated carbocycles. The largest absolute Gasteiger partial charge is 0.394 e. The summed E-state index contributed by atoms with van der Waals surface area (Å²) in [6.45, 7) is -0.0453. The molecule has 12 nitrogen and oxygen atoms in total. The monoisotopic (exact) mass is 379 g/mol. The van der Waals surface area contributed by atoms with Crippen LogP contribution in [0.1, 0.15) is 6.92 Å². The second kappa shape index (κ2) is 6.85. The number of aliphatic hydroxyl groups excluding tert-OH is 3. The lowest BCUT2D eigenvalue weighted by molar-refractivity contribution is -0.204. The maximum absolute atomic E-state index is 11.9. The minimum absolute atomic E-state index is 0.850. The van der Waals surface area contributed by atoms with Crippen molar-refractivity contribution in [1.29, 1.82) is 0 Å². The zero-order chi connectivity index (χ0) is 18.2. The second-order valence-electron chi connectivity index (χ2n) is 5.18. The van der Waals surface area contributed by atoms with Crippen LogP contribution in [-0.4, -0.2) is 83.3 Å². The molecular formula is C9H19NO11P2. The summed E-state index contributed by atoms with van der Waals surface area (Å²) in [5, 5.41) is 27.9. The fourth-order valence-corrected chi connectivity index (χ4v) is 4.75. The summed E-state index contributed by atoms with van der Waals surface area (Å²) in [7, 11) is -10.4. The van der Waals surface area contributed by atoms with Crippen molar-refractivity contribution in [2.75, 3.05) is 12.8 Å². The number of hydrogen-bond donors (Lipinski definition) is 8. The first-order valence-electron chi connectivity index (χ1n) is 6.27. The molecule has 1 aliphatic heterocycles. The topological polar surface area (TPSA) is 214 Å². The smallest absolute Gasteiger partial charge is 0.356 e. The molecule has 0 aromatic carbocycles. The van der Waals surface area contributed by atoms with E-state index in [0.717, 1.165) is 6.92 Å². The number of carbonyl (C=O) groups excluding carboxylic acids is 1. The Morgan fingerprint density at radius 1 is 1.22 bits per heavy atom. The van der Waals surface area contributed by atoms with Gasteiger partial charge in [-0.05, 0) is 0 Å². The van der Waals surface area contributed by atoms with Crippen LogP contribution in [-0.2, 0) is 18.7 Å². The van der Waals surface area contributed by atoms with Gasteiger partial charge in [0.05, 0.1) is 12.8 Å². The van der Waals surface area contributed by atoms with E-state index in [9.17, 15) is 33.9 Å². The van der Waals surface area contributed by atoms with Crippen molar-refractivity contribution in [2.45, 2.75) is 36.6 Å². The first-order valence-corrected chi connectivity index (χ1v) is 9.68. The van der Waals surface area contributed by atoms with Crippen molar-refractivity contribution < 1.29 is 53.6 Å². The molecule has 1 unspecified atom stereocenters. The third kappa shape index (κ3) is 4.18. The summed E-state index contributed by atoms with van der Waals surface area (Å²) in [6.07, 6.45) is -9.26. The molecule has 5 atom stereocenters. The van der Waals surface area contributed by atoms with Gasteiger partial charge in [-0.25, -0.2) is 0 Å². The average Bonchev–Trinajstić information content (AvgIpc) is 2.34. The Morgan fingerprint density at radius 3 is 2.09 bits per heavy atom. The number of amides is 1. The van der Waals surface area contributed by atoms with E-state index < -0.39 is 63.6 Å². The minimum atomic E-state index is -5.49. The summed E-state index contributed by atoms with van der Waals surface area (Å²) in [6, 6.07) is 0. The highest BCUT2D eigenvalue weighted by Gasteiger charge is 2.66. The van der Waals surface area contributed by atoms with Crippen molar-refractivity contribution in [3.8, 4) is 0 Å². The minimum Gasteiger partial charge on any atom is -0.394 e. The van der Waals surface area contributed by atoms with Crippen LogP contribution in [0.2, 0.25) is 0 Å². The van der Waals surface area contributed by atoms with E-state index in [1.54, 1.807) is 5.32 Å². The molecule has 0 aromatic heterocycles. The summed E-state index contributed by atoms with van der Waals surface area (Å²) in [4.78, 5) is 48.6. The van der Waals surface area contributed by atoms with E-state index in [-0.39, 0.29) is 0 Å². The number of hydrogen-bond acceptors (Lipinski definition) is 7. The Bertz CT molecular complexity index is 544. The van der Waals surface area contributed by atoms with Gasteiger partial charge in [0, 0.05) is 6.92 Å². The lowest BCUT2D eigenvalue weighted by atomic mass is 9.92. The van der Waals surface area contributed by atoms with Gasteiger partial charge >= 0.3 is 15.2 Å². The molecule has 1 rings (SSSR count). The molecule has 23 heavy (non-hydrogen) atoms. The van der Waals surface area contributed by atoms with Crippen molar-refractivity contribution in [3.63, 3.8) is 0 Å². The Labute approximate surface area is 130 Å². The van der Waals surface area contributed by atoms with E-state index >= 15 is 0 Å². The highest BCUT2D eigenvalue weighted by molar-refractivity contribution is 7.54. The third-order valence-electron chi connectivity index (χ3n) is 3.43. The predicted molar refractivity (Wildman–Crippen MR) is 73.3 cm³/mol. The lowest BCUT2D eigenvalue weighted by Crippen LogP contribution is -2.73. The molecule has 1 fully saturated rings. The van der Waals surface area contributed by atoms with Gasteiger partial charge in [-0.1, -0.05) is 0 Å². The molecule has 136 valence electrons. The average molecular weight is 379 g/mol. The Morgan fingerprint density at radius 2 is 1.74 bits per heavy atom. The van der Waals surface area contributed by atoms with E-state index in [1.165, 1.54) is 0 Å². The fourth-order valence-electron chi connectivity index (χ4n) is 2.47. The Kier molecular flexibility index (Phi) is 6.15. The Balaban J connectivity index is 3.50. The summed E-state index contributed by atoms with van der Waals surface area (Å²) in [5.41, 5.74) is 0. The number of aliphatic hydroxyl groups is 3. The van der Waals surface area contributed by atoms with E-state index in [2.05, 4.69) is 0 Å². The van der Waals surface area contributed by atoms with Gasteiger partial charge in [0.15, 0.2) is 5.28 Å². The van der Waals surface area contributed by atoms with Crippen LogP contribution in [0.15, 0.2) is 0 Å². The van der Waals surface area contributed by atoms with Gasteiger partial charge in [-0.3, -0.25) is 13.9 Å². The molecule has 14 heteroatoms. The lowest BCUT2D eigenvalue weighted by Gasteiger charge is -2.50. The normalized spacial score (nSPS) is 35.8. The molecular weight excluding hydrogens is 360 g/mol. The first-order chi connectivity index (χ1) is 10.3. The summed E-state index contributed by atoms with van der Waals surface area (Å²) >= 11 is 0. The molecule has 1 amide bonds. The van der Waals surface area contributed by atoms with E-state index in [1.807, 2.05) is 0 Å². The van der Waals surface area contributed by atoms with E-state index in [4.69, 9.17) is 19.6 Å². The second-order valence-corrected chi connectivity index (χ2v) is 8.70. The number of nitrogens with one attached hydrogen (secondary N) is 1. The van der Waals surface area contributed by atoms with Crippen LogP contribution < -0.4 is 5.32 Å². The SMILES string of the molecule is CC(=O)NC1(P(=O)(O)O)[C@H](CP(=O)(O)O)O[C@H](CO)[C@H](O)[C@@H]1O. The maximum atomic E-state index is 11.9. The van der Waals surface area contributed by atoms with Crippen LogP contribution >= 0.6 is 15.2 Å². The number of rotatable bonds is 5. The van der Waals surface area contributed by atoms with Gasteiger partial charge in [-0.15, -0.1) is 0 Å². The summed E-state index contributed by atoms with van der Waals surface area (Å²) < 4.78 is 28.1. The van der Waals surface area contributed by atoms with Crippen molar-refractivity contribution in [2.24, 2.45) is 0 Å². The van der Waals surface area contributed by atoms with Gasteiger partial charge < -0.3 is 44.9 Å².